The molecule has 1 amide bonds. The number of alkyl carbamates (subject to hydrolysis) is 1. The van der Waals surface area contributed by atoms with Crippen LogP contribution in [-0.2, 0) is 20.7 Å². The maximum atomic E-state index is 12.4. The number of nitrogens with one attached hydrogen (secondary N) is 1. The maximum Gasteiger partial charge on any atom is 0.407 e. The molecular weight excluding hydrogens is 540 g/mol. The van der Waals surface area contributed by atoms with E-state index in [2.05, 4.69) is 60.3 Å². The summed E-state index contributed by atoms with van der Waals surface area (Å²) in [5, 5.41) is 4.62. The van der Waals surface area contributed by atoms with Crippen LogP contribution in [0.5, 0.6) is 0 Å². The molecule has 1 atom stereocenters. The number of nitrogens with zero attached hydrogens (tertiary/aromatic N) is 1. The summed E-state index contributed by atoms with van der Waals surface area (Å²) in [7, 11) is 0. The predicted molar refractivity (Wildman–Crippen MR) is 138 cm³/mol. The van der Waals surface area contributed by atoms with E-state index in [1.807, 2.05) is 34.6 Å². The Morgan fingerprint density at radius 2 is 1.81 bits per heavy atom. The van der Waals surface area contributed by atoms with Crippen LogP contribution in [0.25, 0.3) is 0 Å². The summed E-state index contributed by atoms with van der Waals surface area (Å²) in [6, 6.07) is 5.92. The molecule has 0 bridgehead atoms. The molecule has 0 heterocycles. The van der Waals surface area contributed by atoms with Crippen molar-refractivity contribution < 1.29 is 19.1 Å². The van der Waals surface area contributed by atoms with Gasteiger partial charge in [0.2, 0.25) is 0 Å². The third-order valence-electron chi connectivity index (χ3n) is 4.77. The van der Waals surface area contributed by atoms with Gasteiger partial charge in [-0.2, -0.15) is 0 Å². The Morgan fingerprint density at radius 3 is 2.38 bits per heavy atom. The van der Waals surface area contributed by atoms with Crippen LogP contribution in [0.3, 0.4) is 0 Å². The lowest BCUT2D eigenvalue weighted by Gasteiger charge is -2.26. The van der Waals surface area contributed by atoms with E-state index in [1.54, 1.807) is 0 Å². The summed E-state index contributed by atoms with van der Waals surface area (Å²) in [6.07, 6.45) is 1.86. The normalized spacial score (nSPS) is 12.2. The first kappa shape index (κ1) is 28.8. The fourth-order valence-corrected chi connectivity index (χ4v) is 4.01. The quantitative estimate of drug-likeness (QED) is 0.183. The van der Waals surface area contributed by atoms with Crippen molar-refractivity contribution in [2.75, 3.05) is 35.3 Å². The second-order valence-electron chi connectivity index (χ2n) is 8.80. The van der Waals surface area contributed by atoms with Crippen LogP contribution in [0.4, 0.5) is 10.5 Å². The molecule has 0 aliphatic heterocycles. The van der Waals surface area contributed by atoms with Crippen LogP contribution in [0, 0.1) is 6.92 Å². The average Bonchev–Trinajstić information content (AvgIpc) is 2.68. The molecule has 0 spiro atoms. The number of ether oxygens (including phenoxy) is 2. The van der Waals surface area contributed by atoms with Gasteiger partial charge in [-0.25, -0.2) is 4.79 Å². The summed E-state index contributed by atoms with van der Waals surface area (Å²) in [4.78, 5) is 27.1. The van der Waals surface area contributed by atoms with Crippen LogP contribution >= 0.6 is 31.9 Å². The zero-order valence-electron chi connectivity index (χ0n) is 20.0. The van der Waals surface area contributed by atoms with Crippen molar-refractivity contribution in [2.45, 2.75) is 71.9 Å². The minimum absolute atomic E-state index is 0.0964. The van der Waals surface area contributed by atoms with Gasteiger partial charge >= 0.3 is 12.1 Å². The van der Waals surface area contributed by atoms with Gasteiger partial charge in [-0.1, -0.05) is 51.3 Å². The largest absolute Gasteiger partial charge is 0.466 e. The van der Waals surface area contributed by atoms with Gasteiger partial charge in [-0.05, 0) is 63.8 Å². The summed E-state index contributed by atoms with van der Waals surface area (Å²) in [6.45, 7) is 11.7. The highest BCUT2D eigenvalue weighted by molar-refractivity contribution is 9.09. The van der Waals surface area contributed by atoms with E-state index >= 15 is 0 Å². The van der Waals surface area contributed by atoms with Gasteiger partial charge in [0.15, 0.2) is 0 Å². The molecule has 182 valence electrons. The standard InChI is InChI=1S/C24H38Br2N2O4/c1-6-7-14-31-22(29)17-20(27-23(30)32-24(3,4)5)15-19-16-21(9-8-18(19)2)28(12-10-25)13-11-26/h8-9,16,20H,6-7,10-15,17H2,1-5H3,(H,27,30)/t20-/m0/s1. The van der Waals surface area contributed by atoms with Gasteiger partial charge in [0, 0.05) is 35.5 Å². The third-order valence-corrected chi connectivity index (χ3v) is 5.48. The molecule has 0 aromatic heterocycles. The zero-order valence-corrected chi connectivity index (χ0v) is 23.2. The number of rotatable bonds is 13. The molecule has 0 saturated carbocycles. The summed E-state index contributed by atoms with van der Waals surface area (Å²) in [5.74, 6) is -0.312. The van der Waals surface area contributed by atoms with Crippen molar-refractivity contribution in [3.05, 3.63) is 29.3 Å². The van der Waals surface area contributed by atoms with E-state index in [0.717, 1.165) is 53.4 Å². The van der Waals surface area contributed by atoms with Crippen molar-refractivity contribution in [1.82, 2.24) is 5.32 Å². The molecule has 32 heavy (non-hydrogen) atoms. The second-order valence-corrected chi connectivity index (χ2v) is 10.4. The molecule has 1 aromatic rings. The molecule has 0 unspecified atom stereocenters. The molecule has 6 nitrogen and oxygen atoms in total. The third kappa shape index (κ3) is 11.5. The number of aryl methyl sites for hydroxylation is 1. The average molecular weight is 578 g/mol. The summed E-state index contributed by atoms with van der Waals surface area (Å²) < 4.78 is 10.8. The summed E-state index contributed by atoms with van der Waals surface area (Å²) in [5.41, 5.74) is 2.70. The molecule has 1 aromatic carbocycles. The van der Waals surface area contributed by atoms with Crippen molar-refractivity contribution in [1.29, 1.82) is 0 Å². The molecule has 0 fully saturated rings. The minimum atomic E-state index is -0.613. The fraction of sp³-hybridized carbons (Fsp3) is 0.667. The fourth-order valence-electron chi connectivity index (χ4n) is 3.15. The number of amides is 1. The topological polar surface area (TPSA) is 67.9 Å². The molecule has 0 saturated heterocycles. The highest BCUT2D eigenvalue weighted by Gasteiger charge is 2.23. The number of alkyl halides is 2. The van der Waals surface area contributed by atoms with Gasteiger partial charge in [-0.3, -0.25) is 4.79 Å². The first-order chi connectivity index (χ1) is 15.1. The Hall–Kier alpha value is -1.28. The highest BCUT2D eigenvalue weighted by atomic mass is 79.9. The lowest BCUT2D eigenvalue weighted by molar-refractivity contribution is -0.144. The first-order valence-electron chi connectivity index (χ1n) is 11.2. The molecule has 0 aliphatic rings. The number of hydrogen-bond acceptors (Lipinski definition) is 5. The monoisotopic (exact) mass is 576 g/mol. The van der Waals surface area contributed by atoms with Gasteiger partial charge in [0.05, 0.1) is 13.0 Å². The number of unbranched alkanes of at least 4 members (excludes halogenated alkanes) is 1. The molecular formula is C24H38Br2N2O4. The second kappa shape index (κ2) is 14.8. The number of hydrogen-bond donors (Lipinski definition) is 1. The van der Waals surface area contributed by atoms with E-state index < -0.39 is 17.7 Å². The lowest BCUT2D eigenvalue weighted by atomic mass is 9.98. The van der Waals surface area contributed by atoms with E-state index in [4.69, 9.17) is 9.47 Å². The number of benzene rings is 1. The van der Waals surface area contributed by atoms with Gasteiger partial charge in [0.1, 0.15) is 5.60 Å². The van der Waals surface area contributed by atoms with Crippen molar-refractivity contribution >= 4 is 49.6 Å². The van der Waals surface area contributed by atoms with Gasteiger partial charge in [-0.15, -0.1) is 0 Å². The molecule has 0 aliphatic carbocycles. The SMILES string of the molecule is CCCCOC(=O)C[C@H](Cc1cc(N(CCBr)CCBr)ccc1C)NC(=O)OC(C)(C)C. The minimum Gasteiger partial charge on any atom is -0.466 e. The van der Waals surface area contributed by atoms with Crippen LogP contribution in [0.15, 0.2) is 18.2 Å². The Balaban J connectivity index is 3.04. The maximum absolute atomic E-state index is 12.4. The Labute approximate surface area is 210 Å². The van der Waals surface area contributed by atoms with Gasteiger partial charge in [0.25, 0.3) is 0 Å². The number of carbonyl (C=O) groups excluding carboxylic acids is 2. The van der Waals surface area contributed by atoms with Crippen LogP contribution in [-0.4, -0.2) is 54.1 Å². The number of halogens is 2. The van der Waals surface area contributed by atoms with Crippen LogP contribution in [0.1, 0.15) is 58.1 Å². The molecule has 1 N–H and O–H groups in total. The number of carbonyl (C=O) groups is 2. The summed E-state index contributed by atoms with van der Waals surface area (Å²) >= 11 is 7.05. The van der Waals surface area contributed by atoms with Crippen LogP contribution < -0.4 is 10.2 Å². The van der Waals surface area contributed by atoms with E-state index in [1.165, 1.54) is 0 Å². The van der Waals surface area contributed by atoms with Gasteiger partial charge < -0.3 is 19.7 Å². The lowest BCUT2D eigenvalue weighted by Crippen LogP contribution is -2.41. The Bertz CT molecular complexity index is 716. The Kier molecular flexibility index (Phi) is 13.3. The molecule has 0 radical (unpaired) electrons. The first-order valence-corrected chi connectivity index (χ1v) is 13.5. The molecule has 1 rings (SSSR count). The van der Waals surface area contributed by atoms with E-state index in [-0.39, 0.29) is 12.4 Å². The van der Waals surface area contributed by atoms with Crippen LogP contribution in [0.2, 0.25) is 0 Å². The molecule has 8 heteroatoms. The zero-order chi connectivity index (χ0) is 24.1. The van der Waals surface area contributed by atoms with E-state index in [0.29, 0.717) is 13.0 Å². The van der Waals surface area contributed by atoms with E-state index in [9.17, 15) is 9.59 Å². The van der Waals surface area contributed by atoms with Crippen molar-refractivity contribution in [2.24, 2.45) is 0 Å². The Morgan fingerprint density at radius 1 is 1.16 bits per heavy atom. The van der Waals surface area contributed by atoms with Crippen molar-refractivity contribution in [3.63, 3.8) is 0 Å². The number of esters is 1. The predicted octanol–water partition coefficient (Wildman–Crippen LogP) is 5.76. The van der Waals surface area contributed by atoms with Crippen molar-refractivity contribution in [3.8, 4) is 0 Å². The smallest absolute Gasteiger partial charge is 0.407 e. The highest BCUT2D eigenvalue weighted by Crippen LogP contribution is 2.22. The number of anilines is 1.